The van der Waals surface area contributed by atoms with Crippen molar-refractivity contribution in [3.05, 3.63) is 71.4 Å². The topological polar surface area (TPSA) is 39.6 Å². The number of aromatic hydroxyl groups is 1. The van der Waals surface area contributed by atoms with Gasteiger partial charge in [0.05, 0.1) is 5.56 Å². The van der Waals surface area contributed by atoms with Gasteiger partial charge >= 0.3 is 6.18 Å². The quantitative estimate of drug-likeness (QED) is 0.709. The second kappa shape index (κ2) is 8.00. The van der Waals surface area contributed by atoms with E-state index in [9.17, 15) is 18.3 Å². The first-order chi connectivity index (χ1) is 13.9. The van der Waals surface area contributed by atoms with E-state index in [2.05, 4.69) is 14.8 Å². The van der Waals surface area contributed by atoms with Gasteiger partial charge in [-0.05, 0) is 23.8 Å². The maximum atomic E-state index is 12.7. The van der Waals surface area contributed by atoms with Crippen LogP contribution in [0, 0.1) is 0 Å². The molecule has 3 aromatic rings. The molecule has 152 valence electrons. The van der Waals surface area contributed by atoms with Crippen LogP contribution in [-0.2, 0) is 19.3 Å². The van der Waals surface area contributed by atoms with Gasteiger partial charge in [-0.3, -0.25) is 14.8 Å². The van der Waals surface area contributed by atoms with Crippen LogP contribution < -0.4 is 0 Å². The van der Waals surface area contributed by atoms with E-state index in [4.69, 9.17) is 0 Å². The third-order valence-electron chi connectivity index (χ3n) is 5.38. The molecule has 1 N–H and O–H groups in total. The van der Waals surface area contributed by atoms with Crippen molar-refractivity contribution in [3.63, 3.8) is 0 Å². The van der Waals surface area contributed by atoms with Crippen LogP contribution in [0.4, 0.5) is 13.2 Å². The number of nitrogens with zero attached hydrogens (tertiary/aromatic N) is 3. The normalized spacial score (nSPS) is 16.4. The first kappa shape index (κ1) is 19.7. The molecule has 1 aliphatic rings. The molecular weight excluding hydrogens is 379 g/mol. The Balaban J connectivity index is 1.33. The number of aromatic nitrogens is 1. The van der Waals surface area contributed by atoms with Crippen molar-refractivity contribution < 1.29 is 18.3 Å². The first-order valence-electron chi connectivity index (χ1n) is 9.56. The van der Waals surface area contributed by atoms with Crippen molar-refractivity contribution >= 4 is 10.9 Å². The van der Waals surface area contributed by atoms with Crippen molar-refractivity contribution in [2.45, 2.75) is 19.3 Å². The van der Waals surface area contributed by atoms with Crippen LogP contribution in [0.3, 0.4) is 0 Å². The lowest BCUT2D eigenvalue weighted by molar-refractivity contribution is -0.137. The van der Waals surface area contributed by atoms with Crippen molar-refractivity contribution in [2.75, 3.05) is 26.2 Å². The fraction of sp³-hybridized carbons (Fsp3) is 0.318. The molecule has 0 aliphatic carbocycles. The SMILES string of the molecule is Oc1c(CN2CCN(Cc3ccc(C(F)(F)F)cc3)CC2)ccc2cccnc12. The molecule has 0 unspecified atom stereocenters. The summed E-state index contributed by atoms with van der Waals surface area (Å²) in [6, 6.07) is 13.1. The molecule has 29 heavy (non-hydrogen) atoms. The third-order valence-corrected chi connectivity index (χ3v) is 5.38. The Morgan fingerprint density at radius 2 is 1.52 bits per heavy atom. The summed E-state index contributed by atoms with van der Waals surface area (Å²) in [5, 5.41) is 11.4. The number of hydrogen-bond acceptors (Lipinski definition) is 4. The highest BCUT2D eigenvalue weighted by molar-refractivity contribution is 5.85. The average molecular weight is 401 g/mol. The van der Waals surface area contributed by atoms with Crippen LogP contribution in [-0.4, -0.2) is 46.1 Å². The average Bonchev–Trinajstić information content (AvgIpc) is 2.71. The van der Waals surface area contributed by atoms with Crippen molar-refractivity contribution in [1.82, 2.24) is 14.8 Å². The molecule has 1 fully saturated rings. The fourth-order valence-corrected chi connectivity index (χ4v) is 3.70. The molecule has 0 bridgehead atoms. The number of piperazine rings is 1. The molecule has 1 aromatic heterocycles. The van der Waals surface area contributed by atoms with E-state index in [0.717, 1.165) is 54.8 Å². The largest absolute Gasteiger partial charge is 0.505 e. The second-order valence-corrected chi connectivity index (χ2v) is 7.40. The summed E-state index contributed by atoms with van der Waals surface area (Å²) < 4.78 is 38.0. The number of phenolic OH excluding ortho intramolecular Hbond substituents is 1. The van der Waals surface area contributed by atoms with Gasteiger partial charge < -0.3 is 5.11 Å². The van der Waals surface area contributed by atoms with Crippen LogP contribution in [0.25, 0.3) is 10.9 Å². The lowest BCUT2D eigenvalue weighted by Gasteiger charge is -2.34. The molecule has 4 nitrogen and oxygen atoms in total. The monoisotopic (exact) mass is 401 g/mol. The molecule has 1 aliphatic heterocycles. The Kier molecular flexibility index (Phi) is 5.43. The minimum absolute atomic E-state index is 0.232. The summed E-state index contributed by atoms with van der Waals surface area (Å²) in [4.78, 5) is 8.78. The maximum Gasteiger partial charge on any atom is 0.416 e. The lowest BCUT2D eigenvalue weighted by atomic mass is 10.1. The molecule has 0 radical (unpaired) electrons. The first-order valence-corrected chi connectivity index (χ1v) is 9.56. The van der Waals surface area contributed by atoms with E-state index in [1.807, 2.05) is 24.3 Å². The van der Waals surface area contributed by atoms with E-state index in [-0.39, 0.29) is 5.75 Å². The standard InChI is InChI=1S/C22H22F3N3O/c23-22(24,25)19-7-3-16(4-8-19)14-27-10-12-28(13-11-27)15-18-6-5-17-2-1-9-26-20(17)21(18)29/h1-9,29H,10-15H2. The van der Waals surface area contributed by atoms with Crippen LogP contribution in [0.15, 0.2) is 54.7 Å². The van der Waals surface area contributed by atoms with Gasteiger partial charge in [0.2, 0.25) is 0 Å². The van der Waals surface area contributed by atoms with E-state index in [1.54, 1.807) is 18.3 Å². The highest BCUT2D eigenvalue weighted by atomic mass is 19.4. The Bertz CT molecular complexity index is 981. The number of halogens is 3. The number of fused-ring (bicyclic) bond motifs is 1. The Hall–Kier alpha value is -2.64. The van der Waals surface area contributed by atoms with Gasteiger partial charge in [0.25, 0.3) is 0 Å². The number of alkyl halides is 3. The summed E-state index contributed by atoms with van der Waals surface area (Å²) in [6.07, 6.45) is -2.63. The van der Waals surface area contributed by atoms with Gasteiger partial charge in [-0.1, -0.05) is 30.3 Å². The van der Waals surface area contributed by atoms with Crippen molar-refractivity contribution in [3.8, 4) is 5.75 Å². The fourth-order valence-electron chi connectivity index (χ4n) is 3.70. The van der Waals surface area contributed by atoms with Crippen LogP contribution in [0.5, 0.6) is 5.75 Å². The highest BCUT2D eigenvalue weighted by Gasteiger charge is 2.30. The maximum absolute atomic E-state index is 12.7. The number of benzene rings is 2. The van der Waals surface area contributed by atoms with E-state index >= 15 is 0 Å². The Morgan fingerprint density at radius 3 is 2.17 bits per heavy atom. The number of pyridine rings is 1. The minimum atomic E-state index is -4.30. The zero-order valence-corrected chi connectivity index (χ0v) is 15.9. The molecule has 0 amide bonds. The zero-order chi connectivity index (χ0) is 20.4. The van der Waals surface area contributed by atoms with Gasteiger partial charge in [0, 0.05) is 56.4 Å². The zero-order valence-electron chi connectivity index (χ0n) is 15.9. The van der Waals surface area contributed by atoms with Gasteiger partial charge in [-0.15, -0.1) is 0 Å². The highest BCUT2D eigenvalue weighted by Crippen LogP contribution is 2.30. The lowest BCUT2D eigenvalue weighted by Crippen LogP contribution is -2.45. The number of phenols is 1. The molecule has 0 spiro atoms. The number of rotatable bonds is 4. The molecule has 2 aromatic carbocycles. The molecule has 1 saturated heterocycles. The predicted molar refractivity (Wildman–Crippen MR) is 105 cm³/mol. The molecule has 2 heterocycles. The molecule has 0 atom stereocenters. The summed E-state index contributed by atoms with van der Waals surface area (Å²) in [5.74, 6) is 0.232. The van der Waals surface area contributed by atoms with Gasteiger partial charge in [0.15, 0.2) is 0 Å². The summed E-state index contributed by atoms with van der Waals surface area (Å²) in [6.45, 7) is 4.60. The van der Waals surface area contributed by atoms with Gasteiger partial charge in [-0.2, -0.15) is 13.2 Å². The third kappa shape index (κ3) is 4.52. The molecular formula is C22H22F3N3O. The van der Waals surface area contributed by atoms with Crippen molar-refractivity contribution in [1.29, 1.82) is 0 Å². The Morgan fingerprint density at radius 1 is 0.862 bits per heavy atom. The van der Waals surface area contributed by atoms with Crippen LogP contribution in [0.2, 0.25) is 0 Å². The predicted octanol–water partition coefficient (Wildman–Crippen LogP) is 4.28. The van der Waals surface area contributed by atoms with Crippen LogP contribution >= 0.6 is 0 Å². The van der Waals surface area contributed by atoms with Gasteiger partial charge in [0.1, 0.15) is 11.3 Å². The molecule has 4 rings (SSSR count). The summed E-state index contributed by atoms with van der Waals surface area (Å²) >= 11 is 0. The molecule has 7 heteroatoms. The van der Waals surface area contributed by atoms with Crippen molar-refractivity contribution in [2.24, 2.45) is 0 Å². The van der Waals surface area contributed by atoms with Gasteiger partial charge in [-0.25, -0.2) is 0 Å². The summed E-state index contributed by atoms with van der Waals surface area (Å²) in [5.41, 5.74) is 1.73. The Labute approximate surface area is 167 Å². The van der Waals surface area contributed by atoms with E-state index in [1.165, 1.54) is 0 Å². The second-order valence-electron chi connectivity index (χ2n) is 7.40. The molecule has 0 saturated carbocycles. The number of hydrogen-bond donors (Lipinski definition) is 1. The van der Waals surface area contributed by atoms with Crippen LogP contribution in [0.1, 0.15) is 16.7 Å². The van der Waals surface area contributed by atoms with E-state index < -0.39 is 11.7 Å². The summed E-state index contributed by atoms with van der Waals surface area (Å²) in [7, 11) is 0. The minimum Gasteiger partial charge on any atom is -0.505 e. The smallest absolute Gasteiger partial charge is 0.416 e. The van der Waals surface area contributed by atoms with E-state index in [0.29, 0.717) is 18.6 Å².